The number of H-pyrrole nitrogens is 1. The van der Waals surface area contributed by atoms with Gasteiger partial charge in [0, 0.05) is 32.4 Å². The SMILES string of the molecule is CN(CCCNC(=O)c1cc(S(=O)(=O)N2CCCCC2)c[nH]1)Cc1ccccc1. The average Bonchev–Trinajstić information content (AvgIpc) is 3.24. The predicted octanol–water partition coefficient (Wildman–Crippen LogP) is 2.44. The minimum Gasteiger partial charge on any atom is -0.356 e. The van der Waals surface area contributed by atoms with E-state index in [4.69, 9.17) is 0 Å². The van der Waals surface area contributed by atoms with Gasteiger partial charge in [-0.3, -0.25) is 4.79 Å². The van der Waals surface area contributed by atoms with Crippen molar-refractivity contribution in [3.05, 3.63) is 53.9 Å². The second-order valence-electron chi connectivity index (χ2n) is 7.55. The molecule has 2 N–H and O–H groups in total. The van der Waals surface area contributed by atoms with Gasteiger partial charge in [0.2, 0.25) is 10.0 Å². The molecule has 0 spiro atoms. The van der Waals surface area contributed by atoms with E-state index in [-0.39, 0.29) is 16.5 Å². The first-order chi connectivity index (χ1) is 14.0. The highest BCUT2D eigenvalue weighted by atomic mass is 32.2. The van der Waals surface area contributed by atoms with Gasteiger partial charge < -0.3 is 15.2 Å². The zero-order valence-electron chi connectivity index (χ0n) is 16.9. The van der Waals surface area contributed by atoms with E-state index in [9.17, 15) is 13.2 Å². The zero-order chi connectivity index (χ0) is 20.7. The second-order valence-corrected chi connectivity index (χ2v) is 9.48. The van der Waals surface area contributed by atoms with Crippen LogP contribution in [0.4, 0.5) is 0 Å². The number of carbonyl (C=O) groups is 1. The highest BCUT2D eigenvalue weighted by Gasteiger charge is 2.27. The molecule has 1 aromatic heterocycles. The fourth-order valence-corrected chi connectivity index (χ4v) is 5.04. The summed E-state index contributed by atoms with van der Waals surface area (Å²) in [4.78, 5) is 17.5. The lowest BCUT2D eigenvalue weighted by Crippen LogP contribution is -2.35. The number of amides is 1. The Morgan fingerprint density at radius 2 is 1.90 bits per heavy atom. The van der Waals surface area contributed by atoms with Gasteiger partial charge in [-0.15, -0.1) is 0 Å². The number of hydrogen-bond donors (Lipinski definition) is 2. The van der Waals surface area contributed by atoms with Crippen molar-refractivity contribution in [1.82, 2.24) is 19.5 Å². The quantitative estimate of drug-likeness (QED) is 0.613. The van der Waals surface area contributed by atoms with Crippen molar-refractivity contribution < 1.29 is 13.2 Å². The van der Waals surface area contributed by atoms with Crippen molar-refractivity contribution in [2.75, 3.05) is 33.2 Å². The van der Waals surface area contributed by atoms with Gasteiger partial charge in [0.1, 0.15) is 10.6 Å². The summed E-state index contributed by atoms with van der Waals surface area (Å²) in [6.45, 7) is 3.35. The van der Waals surface area contributed by atoms with Gasteiger partial charge in [-0.25, -0.2) is 8.42 Å². The summed E-state index contributed by atoms with van der Waals surface area (Å²) in [5.41, 5.74) is 1.53. The zero-order valence-corrected chi connectivity index (χ0v) is 17.7. The molecule has 2 aromatic rings. The number of aromatic amines is 1. The van der Waals surface area contributed by atoms with Crippen molar-refractivity contribution in [3.63, 3.8) is 0 Å². The molecular formula is C21H30N4O3S. The normalized spacial score (nSPS) is 15.5. The lowest BCUT2D eigenvalue weighted by molar-refractivity contribution is 0.0947. The summed E-state index contributed by atoms with van der Waals surface area (Å²) < 4.78 is 26.9. The van der Waals surface area contributed by atoms with Crippen LogP contribution in [0.15, 0.2) is 47.5 Å². The van der Waals surface area contributed by atoms with Crippen molar-refractivity contribution >= 4 is 15.9 Å². The molecule has 1 aliphatic rings. The van der Waals surface area contributed by atoms with Crippen LogP contribution in [0.5, 0.6) is 0 Å². The smallest absolute Gasteiger partial charge is 0.267 e. The van der Waals surface area contributed by atoms with Gasteiger partial charge in [-0.1, -0.05) is 36.8 Å². The first-order valence-electron chi connectivity index (χ1n) is 10.2. The third kappa shape index (κ3) is 5.91. The minimum absolute atomic E-state index is 0.159. The van der Waals surface area contributed by atoms with E-state index in [0.29, 0.717) is 19.6 Å². The van der Waals surface area contributed by atoms with Crippen molar-refractivity contribution in [1.29, 1.82) is 0 Å². The highest BCUT2D eigenvalue weighted by molar-refractivity contribution is 7.89. The molecule has 1 aliphatic heterocycles. The van der Waals surface area contributed by atoms with Crippen LogP contribution >= 0.6 is 0 Å². The summed E-state index contributed by atoms with van der Waals surface area (Å²) in [6, 6.07) is 11.7. The molecule has 0 aliphatic carbocycles. The summed E-state index contributed by atoms with van der Waals surface area (Å²) in [5, 5.41) is 2.86. The number of hydrogen-bond acceptors (Lipinski definition) is 4. The number of nitrogens with zero attached hydrogens (tertiary/aromatic N) is 2. The molecule has 0 saturated carbocycles. The third-order valence-electron chi connectivity index (χ3n) is 5.15. The molecule has 3 rings (SSSR count). The Hall–Kier alpha value is -2.16. The molecule has 0 radical (unpaired) electrons. The maximum Gasteiger partial charge on any atom is 0.267 e. The number of nitrogens with one attached hydrogen (secondary N) is 2. The first kappa shape index (κ1) is 21.5. The lowest BCUT2D eigenvalue weighted by atomic mass is 10.2. The summed E-state index contributed by atoms with van der Waals surface area (Å²) in [5.74, 6) is -0.282. The molecule has 2 heterocycles. The summed E-state index contributed by atoms with van der Waals surface area (Å²) in [7, 11) is -1.47. The van der Waals surface area contributed by atoms with E-state index in [2.05, 4.69) is 34.4 Å². The number of sulfonamides is 1. The summed E-state index contributed by atoms with van der Waals surface area (Å²) in [6.07, 6.45) is 5.06. The van der Waals surface area contributed by atoms with Gasteiger partial charge in [0.25, 0.3) is 5.91 Å². The Labute approximate surface area is 173 Å². The first-order valence-corrected chi connectivity index (χ1v) is 11.6. The van der Waals surface area contributed by atoms with E-state index in [0.717, 1.165) is 38.8 Å². The summed E-state index contributed by atoms with van der Waals surface area (Å²) >= 11 is 0. The van der Waals surface area contributed by atoms with Crippen LogP contribution in [0.3, 0.4) is 0 Å². The second kappa shape index (κ2) is 10.0. The van der Waals surface area contributed by atoms with Crippen molar-refractivity contribution in [2.45, 2.75) is 37.1 Å². The molecule has 1 fully saturated rings. The van der Waals surface area contributed by atoms with Crippen LogP contribution in [0.1, 0.15) is 41.7 Å². The standard InChI is InChI=1S/C21H30N4O3S/c1-24(17-18-9-4-2-5-10-18)12-8-11-22-21(26)20-15-19(16-23-20)29(27,28)25-13-6-3-7-14-25/h2,4-5,9-10,15-16,23H,3,6-8,11-14,17H2,1H3,(H,22,26). The molecule has 8 heteroatoms. The topological polar surface area (TPSA) is 85.5 Å². The van der Waals surface area contributed by atoms with Gasteiger partial charge in [0.05, 0.1) is 0 Å². The van der Waals surface area contributed by atoms with E-state index in [1.54, 1.807) is 0 Å². The van der Waals surface area contributed by atoms with Crippen LogP contribution in [0.2, 0.25) is 0 Å². The van der Waals surface area contributed by atoms with Crippen molar-refractivity contribution in [3.8, 4) is 0 Å². The van der Waals surface area contributed by atoms with E-state index < -0.39 is 10.0 Å². The highest BCUT2D eigenvalue weighted by Crippen LogP contribution is 2.21. The Kier molecular flexibility index (Phi) is 7.46. The van der Waals surface area contributed by atoms with E-state index >= 15 is 0 Å². The number of rotatable bonds is 9. The Bertz CT molecular complexity index is 890. The number of benzene rings is 1. The monoisotopic (exact) mass is 418 g/mol. The molecule has 158 valence electrons. The lowest BCUT2D eigenvalue weighted by Gasteiger charge is -2.25. The van der Waals surface area contributed by atoms with E-state index in [1.807, 2.05) is 18.2 Å². The molecule has 1 saturated heterocycles. The van der Waals surface area contributed by atoms with Gasteiger partial charge in [-0.2, -0.15) is 4.31 Å². The maximum absolute atomic E-state index is 12.7. The van der Waals surface area contributed by atoms with Gasteiger partial charge >= 0.3 is 0 Å². The Morgan fingerprint density at radius 3 is 2.62 bits per heavy atom. The predicted molar refractivity (Wildman–Crippen MR) is 113 cm³/mol. The minimum atomic E-state index is -3.53. The number of aromatic nitrogens is 1. The van der Waals surface area contributed by atoms with Crippen LogP contribution < -0.4 is 5.32 Å². The van der Waals surface area contributed by atoms with Crippen LogP contribution in [0, 0.1) is 0 Å². The van der Waals surface area contributed by atoms with E-state index in [1.165, 1.54) is 22.1 Å². The number of piperidine rings is 1. The molecular weight excluding hydrogens is 388 g/mol. The fraction of sp³-hybridized carbons (Fsp3) is 0.476. The average molecular weight is 419 g/mol. The molecule has 1 amide bonds. The largest absolute Gasteiger partial charge is 0.356 e. The third-order valence-corrected chi connectivity index (χ3v) is 7.03. The molecule has 0 bridgehead atoms. The Morgan fingerprint density at radius 1 is 1.17 bits per heavy atom. The van der Waals surface area contributed by atoms with Crippen LogP contribution in [-0.4, -0.2) is 61.7 Å². The Balaban J connectivity index is 1.44. The molecule has 29 heavy (non-hydrogen) atoms. The molecule has 1 aromatic carbocycles. The molecule has 0 atom stereocenters. The van der Waals surface area contributed by atoms with Crippen LogP contribution in [0.25, 0.3) is 0 Å². The molecule has 0 unspecified atom stereocenters. The fourth-order valence-electron chi connectivity index (χ4n) is 3.53. The van der Waals surface area contributed by atoms with Gasteiger partial charge in [0.15, 0.2) is 0 Å². The maximum atomic E-state index is 12.7. The molecule has 7 nitrogen and oxygen atoms in total. The van der Waals surface area contributed by atoms with Crippen molar-refractivity contribution in [2.24, 2.45) is 0 Å². The van der Waals surface area contributed by atoms with Gasteiger partial charge in [-0.05, 0) is 44.5 Å². The van der Waals surface area contributed by atoms with Crippen LogP contribution in [-0.2, 0) is 16.6 Å². The number of carbonyl (C=O) groups excluding carboxylic acids is 1.